The Morgan fingerprint density at radius 2 is 1.94 bits per heavy atom. The van der Waals surface area contributed by atoms with E-state index in [1.165, 1.54) is 5.56 Å². The number of hydrogen-bond donors (Lipinski definition) is 2. The van der Waals surface area contributed by atoms with Crippen LogP contribution in [0.4, 0.5) is 0 Å². The summed E-state index contributed by atoms with van der Waals surface area (Å²) in [7, 11) is 0. The highest BCUT2D eigenvalue weighted by Crippen LogP contribution is 2.23. The second-order valence-corrected chi connectivity index (χ2v) is 5.45. The molecule has 2 rings (SSSR count). The van der Waals surface area contributed by atoms with E-state index < -0.39 is 0 Å². The standard InChI is InChI=1S/C8H11N.C7H14O2/c1-7(9)8-5-3-2-4-6-8;1-7(2)5-6(8)3-4-9-7/h2-7H,9H2,1H3;6,8H,3-5H2,1-2H3. The summed E-state index contributed by atoms with van der Waals surface area (Å²) >= 11 is 0. The van der Waals surface area contributed by atoms with E-state index in [2.05, 4.69) is 0 Å². The van der Waals surface area contributed by atoms with Crippen LogP contribution in [0, 0.1) is 0 Å². The zero-order valence-electron chi connectivity index (χ0n) is 11.6. The molecule has 3 nitrogen and oxygen atoms in total. The van der Waals surface area contributed by atoms with Crippen LogP contribution in [0.1, 0.15) is 45.2 Å². The van der Waals surface area contributed by atoms with Crippen LogP contribution >= 0.6 is 0 Å². The van der Waals surface area contributed by atoms with E-state index in [0.717, 1.165) is 12.8 Å². The molecule has 1 aliphatic rings. The van der Waals surface area contributed by atoms with E-state index in [0.29, 0.717) is 6.61 Å². The summed E-state index contributed by atoms with van der Waals surface area (Å²) in [5.74, 6) is 0. The molecule has 1 fully saturated rings. The molecule has 1 heterocycles. The number of nitrogens with two attached hydrogens (primary N) is 1. The first kappa shape index (κ1) is 15.2. The predicted molar refractivity (Wildman–Crippen MR) is 74.3 cm³/mol. The van der Waals surface area contributed by atoms with Crippen molar-refractivity contribution in [1.29, 1.82) is 0 Å². The van der Waals surface area contributed by atoms with Gasteiger partial charge < -0.3 is 15.6 Å². The van der Waals surface area contributed by atoms with E-state index in [-0.39, 0.29) is 17.7 Å². The van der Waals surface area contributed by atoms with Gasteiger partial charge in [0.1, 0.15) is 0 Å². The normalized spacial score (nSPS) is 23.7. The molecule has 1 aromatic carbocycles. The fourth-order valence-electron chi connectivity index (χ4n) is 1.96. The van der Waals surface area contributed by atoms with Crippen molar-refractivity contribution in [2.24, 2.45) is 5.73 Å². The van der Waals surface area contributed by atoms with Gasteiger partial charge in [0.25, 0.3) is 0 Å². The lowest BCUT2D eigenvalue weighted by Gasteiger charge is -2.32. The third kappa shape index (κ3) is 5.63. The first-order valence-corrected chi connectivity index (χ1v) is 6.53. The second kappa shape index (κ2) is 6.88. The zero-order valence-corrected chi connectivity index (χ0v) is 11.6. The molecule has 1 saturated heterocycles. The van der Waals surface area contributed by atoms with E-state index in [4.69, 9.17) is 15.6 Å². The van der Waals surface area contributed by atoms with Crippen LogP contribution < -0.4 is 5.73 Å². The molecular formula is C15H25NO2. The fourth-order valence-corrected chi connectivity index (χ4v) is 1.96. The lowest BCUT2D eigenvalue weighted by molar-refractivity contribution is -0.0960. The van der Waals surface area contributed by atoms with Gasteiger partial charge in [-0.1, -0.05) is 30.3 Å². The van der Waals surface area contributed by atoms with Gasteiger partial charge in [0, 0.05) is 19.1 Å². The molecule has 0 spiro atoms. The van der Waals surface area contributed by atoms with Gasteiger partial charge in [-0.05, 0) is 32.8 Å². The largest absolute Gasteiger partial charge is 0.393 e. The molecule has 0 aromatic heterocycles. The van der Waals surface area contributed by atoms with Crippen LogP contribution in [0.25, 0.3) is 0 Å². The van der Waals surface area contributed by atoms with Crippen molar-refractivity contribution in [1.82, 2.24) is 0 Å². The number of benzene rings is 1. The molecule has 102 valence electrons. The molecule has 0 saturated carbocycles. The molecule has 3 heteroatoms. The highest BCUT2D eigenvalue weighted by molar-refractivity contribution is 5.17. The monoisotopic (exact) mass is 251 g/mol. The maximum absolute atomic E-state index is 9.16. The third-order valence-corrected chi connectivity index (χ3v) is 3.00. The Labute approximate surface area is 110 Å². The van der Waals surface area contributed by atoms with E-state index in [9.17, 15) is 0 Å². The summed E-state index contributed by atoms with van der Waals surface area (Å²) in [5, 5.41) is 9.16. The number of ether oxygens (including phenoxy) is 1. The van der Waals surface area contributed by atoms with Gasteiger partial charge in [-0.25, -0.2) is 0 Å². The third-order valence-electron chi connectivity index (χ3n) is 3.00. The van der Waals surface area contributed by atoms with Crippen LogP contribution in [-0.2, 0) is 4.74 Å². The Morgan fingerprint density at radius 1 is 1.33 bits per heavy atom. The molecule has 3 N–H and O–H groups in total. The first-order valence-electron chi connectivity index (χ1n) is 6.53. The Kier molecular flexibility index (Phi) is 5.79. The molecule has 1 aliphatic heterocycles. The Balaban J connectivity index is 0.000000180. The smallest absolute Gasteiger partial charge is 0.0651 e. The highest BCUT2D eigenvalue weighted by Gasteiger charge is 2.26. The van der Waals surface area contributed by atoms with Crippen molar-refractivity contribution in [2.45, 2.75) is 51.4 Å². The fraction of sp³-hybridized carbons (Fsp3) is 0.600. The van der Waals surface area contributed by atoms with Gasteiger partial charge in [0.15, 0.2) is 0 Å². The average molecular weight is 251 g/mol. The van der Waals surface area contributed by atoms with Crippen LogP contribution in [0.2, 0.25) is 0 Å². The van der Waals surface area contributed by atoms with Crippen LogP contribution in [0.15, 0.2) is 30.3 Å². The van der Waals surface area contributed by atoms with Gasteiger partial charge >= 0.3 is 0 Å². The topological polar surface area (TPSA) is 55.5 Å². The van der Waals surface area contributed by atoms with Crippen molar-refractivity contribution in [3.8, 4) is 0 Å². The summed E-state index contributed by atoms with van der Waals surface area (Å²) in [6.07, 6.45) is 1.42. The summed E-state index contributed by atoms with van der Waals surface area (Å²) in [4.78, 5) is 0. The Morgan fingerprint density at radius 3 is 2.28 bits per heavy atom. The molecule has 0 radical (unpaired) electrons. The molecule has 0 aliphatic carbocycles. The van der Waals surface area contributed by atoms with Gasteiger partial charge in [-0.3, -0.25) is 0 Å². The van der Waals surface area contributed by atoms with Gasteiger partial charge in [-0.2, -0.15) is 0 Å². The quantitative estimate of drug-likeness (QED) is 0.806. The lowest BCUT2D eigenvalue weighted by atomic mass is 9.96. The van der Waals surface area contributed by atoms with Gasteiger partial charge in [0.2, 0.25) is 0 Å². The Hall–Kier alpha value is -0.900. The van der Waals surface area contributed by atoms with Crippen LogP contribution in [-0.4, -0.2) is 23.4 Å². The number of hydrogen-bond acceptors (Lipinski definition) is 3. The van der Waals surface area contributed by atoms with Crippen LogP contribution in [0.5, 0.6) is 0 Å². The predicted octanol–water partition coefficient (Wildman–Crippen LogP) is 2.64. The molecule has 1 aromatic rings. The highest BCUT2D eigenvalue weighted by atomic mass is 16.5. The molecule has 0 bridgehead atoms. The van der Waals surface area contributed by atoms with E-state index in [1.54, 1.807) is 0 Å². The second-order valence-electron chi connectivity index (χ2n) is 5.45. The molecular weight excluding hydrogens is 226 g/mol. The van der Waals surface area contributed by atoms with Crippen molar-refractivity contribution in [3.05, 3.63) is 35.9 Å². The summed E-state index contributed by atoms with van der Waals surface area (Å²) in [6, 6.07) is 10.2. The summed E-state index contributed by atoms with van der Waals surface area (Å²) < 4.78 is 5.38. The van der Waals surface area contributed by atoms with Gasteiger partial charge in [-0.15, -0.1) is 0 Å². The minimum absolute atomic E-state index is 0.0995. The molecule has 2 unspecified atom stereocenters. The number of aliphatic hydroxyl groups excluding tert-OH is 1. The van der Waals surface area contributed by atoms with Crippen LogP contribution in [0.3, 0.4) is 0 Å². The van der Waals surface area contributed by atoms with E-state index >= 15 is 0 Å². The van der Waals surface area contributed by atoms with E-state index in [1.807, 2.05) is 51.1 Å². The SMILES string of the molecule is CC(N)c1ccccc1.CC1(C)CC(O)CCO1. The molecule has 0 amide bonds. The first-order chi connectivity index (χ1) is 8.41. The summed E-state index contributed by atoms with van der Waals surface area (Å²) in [6.45, 7) is 6.70. The maximum atomic E-state index is 9.16. The zero-order chi connectivity index (χ0) is 13.6. The minimum atomic E-state index is -0.145. The molecule has 2 atom stereocenters. The maximum Gasteiger partial charge on any atom is 0.0651 e. The van der Waals surface area contributed by atoms with Crippen molar-refractivity contribution in [2.75, 3.05) is 6.61 Å². The summed E-state index contributed by atoms with van der Waals surface area (Å²) in [5.41, 5.74) is 6.71. The number of rotatable bonds is 1. The lowest BCUT2D eigenvalue weighted by Crippen LogP contribution is -2.36. The average Bonchev–Trinajstić information content (AvgIpc) is 2.29. The van der Waals surface area contributed by atoms with Gasteiger partial charge in [0.05, 0.1) is 11.7 Å². The number of aliphatic hydroxyl groups is 1. The Bertz CT molecular complexity index is 336. The minimum Gasteiger partial charge on any atom is -0.393 e. The van der Waals surface area contributed by atoms with Crippen molar-refractivity contribution in [3.63, 3.8) is 0 Å². The van der Waals surface area contributed by atoms with Crippen molar-refractivity contribution >= 4 is 0 Å². The molecule has 18 heavy (non-hydrogen) atoms. The van der Waals surface area contributed by atoms with Crippen molar-refractivity contribution < 1.29 is 9.84 Å².